The average Bonchev–Trinajstić information content (AvgIpc) is 2.63. The van der Waals surface area contributed by atoms with Crippen LogP contribution in [0.15, 0.2) is 12.1 Å². The van der Waals surface area contributed by atoms with Crippen LogP contribution in [0.4, 0.5) is 8.78 Å². The second-order valence-electron chi connectivity index (χ2n) is 4.81. The van der Waals surface area contributed by atoms with Crippen molar-refractivity contribution in [2.45, 2.75) is 19.5 Å². The van der Waals surface area contributed by atoms with E-state index in [4.69, 9.17) is 5.73 Å². The van der Waals surface area contributed by atoms with Crippen LogP contribution in [-0.4, -0.2) is 35.1 Å². The van der Waals surface area contributed by atoms with Crippen LogP contribution in [0.5, 0.6) is 0 Å². The van der Waals surface area contributed by atoms with Gasteiger partial charge in [0.25, 0.3) is 0 Å². The molecule has 0 fully saturated rings. The molecule has 0 aliphatic carbocycles. The van der Waals surface area contributed by atoms with Gasteiger partial charge in [-0.2, -0.15) is 0 Å². The highest BCUT2D eigenvalue weighted by Gasteiger charge is 2.14. The first-order valence-corrected chi connectivity index (χ1v) is 6.22. The van der Waals surface area contributed by atoms with Gasteiger partial charge in [-0.15, -0.1) is 0 Å². The van der Waals surface area contributed by atoms with Crippen molar-refractivity contribution < 1.29 is 8.78 Å². The third kappa shape index (κ3) is 2.90. The van der Waals surface area contributed by atoms with Gasteiger partial charge in [-0.3, -0.25) is 0 Å². The van der Waals surface area contributed by atoms with Crippen molar-refractivity contribution in [3.05, 3.63) is 29.6 Å². The van der Waals surface area contributed by atoms with Gasteiger partial charge in [-0.25, -0.2) is 13.8 Å². The van der Waals surface area contributed by atoms with Crippen molar-refractivity contribution in [3.63, 3.8) is 0 Å². The minimum absolute atomic E-state index is 0.479. The minimum atomic E-state index is -0.868. The third-order valence-electron chi connectivity index (χ3n) is 2.91. The molecule has 4 nitrogen and oxygen atoms in total. The minimum Gasteiger partial charge on any atom is -0.330 e. The van der Waals surface area contributed by atoms with Crippen LogP contribution in [0.25, 0.3) is 11.0 Å². The summed E-state index contributed by atoms with van der Waals surface area (Å²) in [5, 5.41) is 0. The molecule has 1 heterocycles. The summed E-state index contributed by atoms with van der Waals surface area (Å²) in [5.41, 5.74) is 6.61. The highest BCUT2D eigenvalue weighted by Crippen LogP contribution is 2.21. The number of nitrogens with two attached hydrogens (primary N) is 1. The van der Waals surface area contributed by atoms with Gasteiger partial charge in [-0.05, 0) is 27.1 Å². The molecule has 0 aliphatic heterocycles. The molecule has 1 aromatic heterocycles. The Labute approximate surface area is 110 Å². The highest BCUT2D eigenvalue weighted by atomic mass is 19.2. The monoisotopic (exact) mass is 268 g/mol. The standard InChI is InChI=1S/C13H18F2N4/c1-18(2)8-13-17-11-6-9(14)10(15)7-12(11)19(13)5-3-4-16/h6-7H,3-5,8,16H2,1-2H3. The molecule has 2 N–H and O–H groups in total. The normalized spacial score (nSPS) is 11.7. The Balaban J connectivity index is 2.52. The van der Waals surface area contributed by atoms with Crippen LogP contribution in [0, 0.1) is 11.6 Å². The molecule has 0 saturated carbocycles. The molecule has 0 radical (unpaired) electrons. The molecule has 2 rings (SSSR count). The van der Waals surface area contributed by atoms with Crippen LogP contribution in [0.3, 0.4) is 0 Å². The molecule has 0 saturated heterocycles. The topological polar surface area (TPSA) is 47.1 Å². The van der Waals surface area contributed by atoms with Crippen LogP contribution in [-0.2, 0) is 13.1 Å². The predicted molar refractivity (Wildman–Crippen MR) is 70.7 cm³/mol. The quantitative estimate of drug-likeness (QED) is 0.898. The van der Waals surface area contributed by atoms with Gasteiger partial charge in [0.1, 0.15) is 5.82 Å². The largest absolute Gasteiger partial charge is 0.330 e. The number of benzene rings is 1. The van der Waals surface area contributed by atoms with Gasteiger partial charge < -0.3 is 15.2 Å². The Morgan fingerprint density at radius 3 is 2.58 bits per heavy atom. The number of rotatable bonds is 5. The molecule has 104 valence electrons. The molecule has 19 heavy (non-hydrogen) atoms. The Bertz CT molecular complexity index is 578. The van der Waals surface area contributed by atoms with Crippen molar-refractivity contribution in [3.8, 4) is 0 Å². The van der Waals surface area contributed by atoms with Gasteiger partial charge in [0.15, 0.2) is 11.6 Å². The van der Waals surface area contributed by atoms with E-state index in [2.05, 4.69) is 4.98 Å². The Morgan fingerprint density at radius 2 is 1.95 bits per heavy atom. The molecule has 0 atom stereocenters. The first kappa shape index (κ1) is 13.9. The molecular weight excluding hydrogens is 250 g/mol. The Morgan fingerprint density at radius 1 is 1.26 bits per heavy atom. The zero-order chi connectivity index (χ0) is 14.0. The number of fused-ring (bicyclic) bond motifs is 1. The van der Waals surface area contributed by atoms with E-state index in [9.17, 15) is 8.78 Å². The molecule has 0 bridgehead atoms. The average molecular weight is 268 g/mol. The Hall–Kier alpha value is -1.53. The number of aryl methyl sites for hydroxylation is 1. The SMILES string of the molecule is CN(C)Cc1nc2cc(F)c(F)cc2n1CCCN. The van der Waals surface area contributed by atoms with Crippen molar-refractivity contribution in [2.24, 2.45) is 5.73 Å². The van der Waals surface area contributed by atoms with E-state index in [1.54, 1.807) is 0 Å². The van der Waals surface area contributed by atoms with Crippen molar-refractivity contribution in [2.75, 3.05) is 20.6 Å². The van der Waals surface area contributed by atoms with Gasteiger partial charge >= 0.3 is 0 Å². The molecule has 0 spiro atoms. The molecule has 6 heteroatoms. The number of halogens is 2. The highest BCUT2D eigenvalue weighted by molar-refractivity contribution is 5.76. The fourth-order valence-corrected chi connectivity index (χ4v) is 2.07. The summed E-state index contributed by atoms with van der Waals surface area (Å²) in [6.07, 6.45) is 0.769. The van der Waals surface area contributed by atoms with E-state index in [0.717, 1.165) is 18.3 Å². The smallest absolute Gasteiger partial charge is 0.161 e. The lowest BCUT2D eigenvalue weighted by Gasteiger charge is -2.12. The van der Waals surface area contributed by atoms with E-state index < -0.39 is 11.6 Å². The fraction of sp³-hybridized carbons (Fsp3) is 0.462. The van der Waals surface area contributed by atoms with E-state index in [1.165, 1.54) is 6.07 Å². The van der Waals surface area contributed by atoms with Crippen molar-refractivity contribution >= 4 is 11.0 Å². The number of aromatic nitrogens is 2. The molecule has 0 amide bonds. The maximum Gasteiger partial charge on any atom is 0.161 e. The van der Waals surface area contributed by atoms with Gasteiger partial charge in [0.2, 0.25) is 0 Å². The van der Waals surface area contributed by atoms with Crippen molar-refractivity contribution in [1.82, 2.24) is 14.5 Å². The van der Waals surface area contributed by atoms with Gasteiger partial charge in [-0.1, -0.05) is 0 Å². The summed E-state index contributed by atoms with van der Waals surface area (Å²) in [4.78, 5) is 6.35. The lowest BCUT2D eigenvalue weighted by Crippen LogP contribution is -2.16. The second-order valence-corrected chi connectivity index (χ2v) is 4.81. The third-order valence-corrected chi connectivity index (χ3v) is 2.91. The maximum atomic E-state index is 13.4. The molecule has 0 aliphatic rings. The molecule has 1 aromatic carbocycles. The summed E-state index contributed by atoms with van der Waals surface area (Å²) in [7, 11) is 3.85. The number of nitrogens with zero attached hydrogens (tertiary/aromatic N) is 3. The lowest BCUT2D eigenvalue weighted by atomic mass is 10.3. The zero-order valence-corrected chi connectivity index (χ0v) is 11.2. The van der Waals surface area contributed by atoms with Crippen LogP contribution >= 0.6 is 0 Å². The molecule has 0 unspecified atom stereocenters. The summed E-state index contributed by atoms with van der Waals surface area (Å²) in [6.45, 7) is 1.81. The number of hydrogen-bond acceptors (Lipinski definition) is 3. The fourth-order valence-electron chi connectivity index (χ4n) is 2.07. The van der Waals surface area contributed by atoms with Crippen molar-refractivity contribution in [1.29, 1.82) is 0 Å². The van der Waals surface area contributed by atoms with Crippen LogP contribution in [0.1, 0.15) is 12.2 Å². The van der Waals surface area contributed by atoms with Gasteiger partial charge in [0.05, 0.1) is 17.6 Å². The second kappa shape index (κ2) is 5.63. The van der Waals surface area contributed by atoms with E-state index in [-0.39, 0.29) is 0 Å². The first-order chi connectivity index (χ1) is 9.02. The molecule has 2 aromatic rings. The van der Waals surface area contributed by atoms with Crippen LogP contribution < -0.4 is 5.73 Å². The zero-order valence-electron chi connectivity index (χ0n) is 11.2. The summed E-state index contributed by atoms with van der Waals surface area (Å²) in [6, 6.07) is 2.34. The summed E-state index contributed by atoms with van der Waals surface area (Å²) >= 11 is 0. The maximum absolute atomic E-state index is 13.4. The predicted octanol–water partition coefficient (Wildman–Crippen LogP) is 1.72. The van der Waals surface area contributed by atoms with E-state index >= 15 is 0 Å². The summed E-state index contributed by atoms with van der Waals surface area (Å²) < 4.78 is 28.5. The Kier molecular flexibility index (Phi) is 4.11. The number of imidazole rings is 1. The van der Waals surface area contributed by atoms with Crippen LogP contribution in [0.2, 0.25) is 0 Å². The van der Waals surface area contributed by atoms with E-state index in [1.807, 2.05) is 23.6 Å². The number of hydrogen-bond donors (Lipinski definition) is 1. The lowest BCUT2D eigenvalue weighted by molar-refractivity contribution is 0.381. The summed E-state index contributed by atoms with van der Waals surface area (Å²) in [5.74, 6) is -0.927. The van der Waals surface area contributed by atoms with E-state index in [0.29, 0.717) is 30.7 Å². The first-order valence-electron chi connectivity index (χ1n) is 6.22. The van der Waals surface area contributed by atoms with Gasteiger partial charge in [0, 0.05) is 18.7 Å². The molecular formula is C13H18F2N4.